The van der Waals surface area contributed by atoms with Crippen molar-refractivity contribution in [3.63, 3.8) is 0 Å². The molecule has 0 spiro atoms. The van der Waals surface area contributed by atoms with Gasteiger partial charge in [0, 0.05) is 6.54 Å². The highest BCUT2D eigenvalue weighted by molar-refractivity contribution is 4.49. The SMILES string of the molecule is NNCCC(N)N. The predicted molar refractivity (Wildman–Crippen MR) is 29.0 cm³/mol. The Kier molecular flexibility index (Phi) is 3.92. The number of rotatable bonds is 3. The normalized spacial score (nSPS) is 10.3. The van der Waals surface area contributed by atoms with Gasteiger partial charge in [0.2, 0.25) is 0 Å². The summed E-state index contributed by atoms with van der Waals surface area (Å²) >= 11 is 0. The Morgan fingerprint density at radius 3 is 2.14 bits per heavy atom. The standard InChI is InChI=1S/C3H12N4/c4-3(5)1-2-7-6/h3,7H,1-2,4-6H2. The molecular formula is C3H12N4. The first-order valence-electron chi connectivity index (χ1n) is 2.22. The number of hydrogen-bond donors (Lipinski definition) is 4. The van der Waals surface area contributed by atoms with E-state index in [2.05, 4.69) is 5.43 Å². The molecule has 0 bridgehead atoms. The number of nitrogens with two attached hydrogens (primary N) is 3. The minimum atomic E-state index is -0.240. The van der Waals surface area contributed by atoms with Gasteiger partial charge in [0.25, 0.3) is 0 Å². The molecule has 0 aromatic heterocycles. The topological polar surface area (TPSA) is 90.1 Å². The summed E-state index contributed by atoms with van der Waals surface area (Å²) in [7, 11) is 0. The monoisotopic (exact) mass is 104 g/mol. The lowest BCUT2D eigenvalue weighted by atomic mass is 10.4. The average Bonchev–Trinajstić information content (AvgIpc) is 1.61. The zero-order chi connectivity index (χ0) is 5.70. The molecule has 0 radical (unpaired) electrons. The Labute approximate surface area is 43.0 Å². The first kappa shape index (κ1) is 6.84. The lowest BCUT2D eigenvalue weighted by molar-refractivity contribution is 0.587. The summed E-state index contributed by atoms with van der Waals surface area (Å²) in [5, 5.41) is 0. The smallest absolute Gasteiger partial charge is 0.0533 e. The summed E-state index contributed by atoms with van der Waals surface area (Å²) in [5.74, 6) is 4.92. The Bertz CT molecular complexity index is 35.9. The van der Waals surface area contributed by atoms with Crippen molar-refractivity contribution >= 4 is 0 Å². The summed E-state index contributed by atoms with van der Waals surface area (Å²) in [5.41, 5.74) is 12.8. The molecule has 0 aliphatic rings. The Balaban J connectivity index is 2.68. The van der Waals surface area contributed by atoms with Crippen LogP contribution in [0.5, 0.6) is 0 Å². The Morgan fingerprint density at radius 1 is 1.43 bits per heavy atom. The largest absolute Gasteiger partial charge is 0.316 e. The second kappa shape index (κ2) is 4.01. The summed E-state index contributed by atoms with van der Waals surface area (Å²) < 4.78 is 0. The van der Waals surface area contributed by atoms with Crippen LogP contribution in [0.15, 0.2) is 0 Å². The predicted octanol–water partition coefficient (Wildman–Crippen LogP) is -1.92. The minimum Gasteiger partial charge on any atom is -0.316 e. The van der Waals surface area contributed by atoms with E-state index in [1.165, 1.54) is 0 Å². The Morgan fingerprint density at radius 2 is 2.00 bits per heavy atom. The summed E-state index contributed by atoms with van der Waals surface area (Å²) in [4.78, 5) is 0. The van der Waals surface area contributed by atoms with E-state index in [4.69, 9.17) is 17.3 Å². The van der Waals surface area contributed by atoms with Crippen molar-refractivity contribution in [2.75, 3.05) is 6.54 Å². The third-order valence-corrected chi connectivity index (χ3v) is 0.622. The van der Waals surface area contributed by atoms with E-state index >= 15 is 0 Å². The van der Waals surface area contributed by atoms with Gasteiger partial charge in [-0.3, -0.25) is 11.3 Å². The molecule has 4 heteroatoms. The molecule has 0 rings (SSSR count). The van der Waals surface area contributed by atoms with E-state index in [0.29, 0.717) is 6.54 Å². The van der Waals surface area contributed by atoms with Gasteiger partial charge in [-0.15, -0.1) is 0 Å². The van der Waals surface area contributed by atoms with Gasteiger partial charge in [0.05, 0.1) is 6.17 Å². The highest BCUT2D eigenvalue weighted by Gasteiger charge is 1.88. The second-order valence-corrected chi connectivity index (χ2v) is 1.41. The number of hydrogen-bond acceptors (Lipinski definition) is 4. The van der Waals surface area contributed by atoms with Crippen molar-refractivity contribution in [1.29, 1.82) is 0 Å². The van der Waals surface area contributed by atoms with Crippen molar-refractivity contribution in [1.82, 2.24) is 5.43 Å². The van der Waals surface area contributed by atoms with Crippen LogP contribution in [0.4, 0.5) is 0 Å². The highest BCUT2D eigenvalue weighted by Crippen LogP contribution is 1.70. The quantitative estimate of drug-likeness (QED) is 0.191. The van der Waals surface area contributed by atoms with Gasteiger partial charge < -0.3 is 11.5 Å². The van der Waals surface area contributed by atoms with E-state index in [9.17, 15) is 0 Å². The first-order valence-corrected chi connectivity index (χ1v) is 2.22. The van der Waals surface area contributed by atoms with E-state index in [-0.39, 0.29) is 6.17 Å². The van der Waals surface area contributed by atoms with Crippen LogP contribution >= 0.6 is 0 Å². The van der Waals surface area contributed by atoms with Gasteiger partial charge in [-0.1, -0.05) is 0 Å². The summed E-state index contributed by atoms with van der Waals surface area (Å²) in [6, 6.07) is 0. The van der Waals surface area contributed by atoms with Crippen LogP contribution in [0, 0.1) is 0 Å². The van der Waals surface area contributed by atoms with E-state index in [1.807, 2.05) is 0 Å². The molecule has 7 N–H and O–H groups in total. The fraction of sp³-hybridized carbons (Fsp3) is 1.00. The molecule has 0 atom stereocenters. The molecule has 0 aromatic carbocycles. The van der Waals surface area contributed by atoms with Crippen LogP contribution in [0.2, 0.25) is 0 Å². The molecule has 0 amide bonds. The molecule has 0 aliphatic heterocycles. The van der Waals surface area contributed by atoms with Gasteiger partial charge in [0.15, 0.2) is 0 Å². The van der Waals surface area contributed by atoms with Gasteiger partial charge in [-0.25, -0.2) is 0 Å². The molecule has 0 unspecified atom stereocenters. The lowest BCUT2D eigenvalue weighted by Crippen LogP contribution is -2.35. The van der Waals surface area contributed by atoms with Crippen LogP contribution in [0.25, 0.3) is 0 Å². The molecule has 0 saturated carbocycles. The molecule has 0 saturated heterocycles. The zero-order valence-electron chi connectivity index (χ0n) is 4.22. The molecule has 0 aromatic rings. The van der Waals surface area contributed by atoms with Crippen LogP contribution in [0.1, 0.15) is 6.42 Å². The molecule has 0 heterocycles. The van der Waals surface area contributed by atoms with E-state index in [0.717, 1.165) is 6.42 Å². The van der Waals surface area contributed by atoms with Crippen molar-refractivity contribution in [3.8, 4) is 0 Å². The number of hydrazine groups is 1. The maximum Gasteiger partial charge on any atom is 0.0533 e. The minimum absolute atomic E-state index is 0.240. The van der Waals surface area contributed by atoms with Crippen molar-refractivity contribution < 1.29 is 0 Å². The van der Waals surface area contributed by atoms with E-state index in [1.54, 1.807) is 0 Å². The van der Waals surface area contributed by atoms with Crippen LogP contribution in [-0.2, 0) is 0 Å². The van der Waals surface area contributed by atoms with Crippen LogP contribution < -0.4 is 22.7 Å². The lowest BCUT2D eigenvalue weighted by Gasteiger charge is -2.01. The van der Waals surface area contributed by atoms with Gasteiger partial charge >= 0.3 is 0 Å². The summed E-state index contributed by atoms with van der Waals surface area (Å²) in [6.07, 6.45) is 0.479. The van der Waals surface area contributed by atoms with Crippen molar-refractivity contribution in [3.05, 3.63) is 0 Å². The summed E-state index contributed by atoms with van der Waals surface area (Å²) in [6.45, 7) is 0.678. The Hall–Kier alpha value is -0.160. The molecular weight excluding hydrogens is 92.1 g/mol. The van der Waals surface area contributed by atoms with Gasteiger partial charge in [0.1, 0.15) is 0 Å². The second-order valence-electron chi connectivity index (χ2n) is 1.41. The van der Waals surface area contributed by atoms with Crippen LogP contribution in [-0.4, -0.2) is 12.7 Å². The molecule has 44 valence electrons. The third kappa shape index (κ3) is 5.84. The molecule has 7 heavy (non-hydrogen) atoms. The zero-order valence-corrected chi connectivity index (χ0v) is 4.22. The molecule has 4 nitrogen and oxygen atoms in total. The highest BCUT2D eigenvalue weighted by atomic mass is 15.2. The van der Waals surface area contributed by atoms with Gasteiger partial charge in [-0.05, 0) is 6.42 Å². The maximum absolute atomic E-state index is 5.16. The fourth-order valence-electron chi connectivity index (χ4n) is 0.250. The fourth-order valence-corrected chi connectivity index (χ4v) is 0.250. The molecule has 0 fully saturated rings. The number of nitrogens with one attached hydrogen (secondary N) is 1. The van der Waals surface area contributed by atoms with Crippen molar-refractivity contribution in [2.45, 2.75) is 12.6 Å². The maximum atomic E-state index is 5.16. The van der Waals surface area contributed by atoms with Crippen molar-refractivity contribution in [2.24, 2.45) is 17.3 Å². The van der Waals surface area contributed by atoms with Crippen LogP contribution in [0.3, 0.4) is 0 Å². The van der Waals surface area contributed by atoms with E-state index < -0.39 is 0 Å². The average molecular weight is 104 g/mol. The first-order chi connectivity index (χ1) is 3.27. The van der Waals surface area contributed by atoms with Gasteiger partial charge in [-0.2, -0.15) is 0 Å². The molecule has 0 aliphatic carbocycles. The third-order valence-electron chi connectivity index (χ3n) is 0.622.